The van der Waals surface area contributed by atoms with Crippen LogP contribution < -0.4 is 5.32 Å². The Morgan fingerprint density at radius 1 is 1.13 bits per heavy atom. The largest absolute Gasteiger partial charge is 0.449 e. The maximum Gasteiger partial charge on any atom is 0.407 e. The second-order valence-electron chi connectivity index (χ2n) is 5.77. The number of hydrogen-bond acceptors (Lipinski definition) is 3. The summed E-state index contributed by atoms with van der Waals surface area (Å²) in [5.74, 6) is 0.0595. The van der Waals surface area contributed by atoms with Gasteiger partial charge in [0.2, 0.25) is 0 Å². The normalized spacial score (nSPS) is 14.0. The first-order valence-electron chi connectivity index (χ1n) is 7.97. The summed E-state index contributed by atoms with van der Waals surface area (Å²) in [6, 6.07) is 16.4. The second-order valence-corrected chi connectivity index (χ2v) is 5.77. The third kappa shape index (κ3) is 3.22. The van der Waals surface area contributed by atoms with E-state index >= 15 is 0 Å². The predicted octanol–water partition coefficient (Wildman–Crippen LogP) is 3.30. The number of ether oxygens (including phenoxy) is 1. The van der Waals surface area contributed by atoms with Crippen LogP contribution in [-0.4, -0.2) is 30.5 Å². The standard InChI is InChI=1S/C19H21NO3/c1-2-13(21)11-20-19(22)23-12-18-16-9-5-3-7-14(16)15-8-4-6-10-17(15)18/h3-10,13,18,21H,2,11-12H2,1H3,(H,20,22)/t13-/m1/s1. The highest BCUT2D eigenvalue weighted by molar-refractivity contribution is 5.79. The molecule has 1 aliphatic rings. The number of amides is 1. The van der Waals surface area contributed by atoms with Gasteiger partial charge in [0.05, 0.1) is 6.10 Å². The number of nitrogens with one attached hydrogen (secondary N) is 1. The van der Waals surface area contributed by atoms with Gasteiger partial charge in [0.25, 0.3) is 0 Å². The van der Waals surface area contributed by atoms with Gasteiger partial charge in [0.15, 0.2) is 0 Å². The van der Waals surface area contributed by atoms with Crippen molar-refractivity contribution >= 4 is 6.09 Å². The van der Waals surface area contributed by atoms with Crippen LogP contribution in [0.1, 0.15) is 30.4 Å². The Kier molecular flexibility index (Phi) is 4.63. The smallest absolute Gasteiger partial charge is 0.407 e. The van der Waals surface area contributed by atoms with E-state index in [4.69, 9.17) is 4.74 Å². The number of carbonyl (C=O) groups excluding carboxylic acids is 1. The highest BCUT2D eigenvalue weighted by Crippen LogP contribution is 2.44. The summed E-state index contributed by atoms with van der Waals surface area (Å²) in [5.41, 5.74) is 4.79. The van der Waals surface area contributed by atoms with Gasteiger partial charge in [0.1, 0.15) is 6.61 Å². The van der Waals surface area contributed by atoms with Crippen LogP contribution in [0.4, 0.5) is 4.79 Å². The van der Waals surface area contributed by atoms with Crippen LogP contribution in [0.25, 0.3) is 11.1 Å². The Hall–Kier alpha value is -2.33. The van der Waals surface area contributed by atoms with Crippen LogP contribution in [0.3, 0.4) is 0 Å². The molecule has 1 atom stereocenters. The Labute approximate surface area is 136 Å². The molecule has 0 bridgehead atoms. The Balaban J connectivity index is 1.70. The first-order valence-corrected chi connectivity index (χ1v) is 7.97. The maximum absolute atomic E-state index is 11.8. The van der Waals surface area contributed by atoms with E-state index in [1.165, 1.54) is 22.3 Å². The fourth-order valence-electron chi connectivity index (χ4n) is 2.99. The molecule has 1 aliphatic carbocycles. The van der Waals surface area contributed by atoms with Gasteiger partial charge in [-0.1, -0.05) is 55.5 Å². The van der Waals surface area contributed by atoms with E-state index in [1.54, 1.807) is 0 Å². The van der Waals surface area contributed by atoms with Crippen molar-refractivity contribution in [3.63, 3.8) is 0 Å². The Morgan fingerprint density at radius 2 is 1.70 bits per heavy atom. The number of rotatable bonds is 5. The zero-order valence-corrected chi connectivity index (χ0v) is 13.2. The van der Waals surface area contributed by atoms with Gasteiger partial charge in [0, 0.05) is 12.5 Å². The molecule has 4 heteroatoms. The van der Waals surface area contributed by atoms with Gasteiger partial charge in [-0.05, 0) is 28.7 Å². The molecule has 23 heavy (non-hydrogen) atoms. The van der Waals surface area contributed by atoms with Gasteiger partial charge in [-0.2, -0.15) is 0 Å². The fourth-order valence-corrected chi connectivity index (χ4v) is 2.99. The van der Waals surface area contributed by atoms with Crippen molar-refractivity contribution in [3.8, 4) is 11.1 Å². The van der Waals surface area contributed by atoms with Crippen LogP contribution in [0, 0.1) is 0 Å². The summed E-state index contributed by atoms with van der Waals surface area (Å²) in [4.78, 5) is 11.8. The molecule has 0 fully saturated rings. The van der Waals surface area contributed by atoms with E-state index < -0.39 is 12.2 Å². The van der Waals surface area contributed by atoms with Gasteiger partial charge < -0.3 is 15.2 Å². The number of alkyl carbamates (subject to hydrolysis) is 1. The summed E-state index contributed by atoms with van der Waals surface area (Å²) in [7, 11) is 0. The van der Waals surface area contributed by atoms with E-state index in [9.17, 15) is 9.90 Å². The number of hydrogen-bond donors (Lipinski definition) is 2. The lowest BCUT2D eigenvalue weighted by Crippen LogP contribution is -2.32. The van der Waals surface area contributed by atoms with Crippen LogP contribution in [0.5, 0.6) is 0 Å². The van der Waals surface area contributed by atoms with Crippen LogP contribution in [-0.2, 0) is 4.74 Å². The molecule has 2 aromatic rings. The van der Waals surface area contributed by atoms with E-state index in [1.807, 2.05) is 31.2 Å². The zero-order valence-electron chi connectivity index (χ0n) is 13.2. The molecule has 0 heterocycles. The molecule has 4 nitrogen and oxygen atoms in total. The molecular weight excluding hydrogens is 290 g/mol. The lowest BCUT2D eigenvalue weighted by atomic mass is 9.98. The lowest BCUT2D eigenvalue weighted by Gasteiger charge is -2.15. The molecule has 2 N–H and O–H groups in total. The minimum atomic E-state index is -0.532. The van der Waals surface area contributed by atoms with E-state index in [2.05, 4.69) is 29.6 Å². The van der Waals surface area contributed by atoms with Crippen molar-refractivity contribution in [2.24, 2.45) is 0 Å². The van der Waals surface area contributed by atoms with Gasteiger partial charge >= 0.3 is 6.09 Å². The second kappa shape index (κ2) is 6.84. The molecule has 3 rings (SSSR count). The molecule has 120 valence electrons. The first kappa shape index (κ1) is 15.6. The van der Waals surface area contributed by atoms with Crippen molar-refractivity contribution in [2.75, 3.05) is 13.2 Å². The SMILES string of the molecule is CC[C@@H](O)CNC(=O)OCC1c2ccccc2-c2ccccc21. The van der Waals surface area contributed by atoms with Crippen LogP contribution in [0.2, 0.25) is 0 Å². The van der Waals surface area contributed by atoms with E-state index in [-0.39, 0.29) is 12.5 Å². The average Bonchev–Trinajstić information content (AvgIpc) is 2.92. The quantitative estimate of drug-likeness (QED) is 0.891. The van der Waals surface area contributed by atoms with Crippen molar-refractivity contribution in [3.05, 3.63) is 59.7 Å². The van der Waals surface area contributed by atoms with Crippen molar-refractivity contribution in [2.45, 2.75) is 25.4 Å². The summed E-state index contributed by atoms with van der Waals surface area (Å²) < 4.78 is 5.37. The van der Waals surface area contributed by atoms with Crippen molar-refractivity contribution in [1.29, 1.82) is 0 Å². The Bertz CT molecular complexity index is 653. The van der Waals surface area contributed by atoms with Crippen LogP contribution in [0.15, 0.2) is 48.5 Å². The molecular formula is C19H21NO3. The van der Waals surface area contributed by atoms with E-state index in [0.29, 0.717) is 13.0 Å². The maximum atomic E-state index is 11.8. The molecule has 0 radical (unpaired) electrons. The minimum Gasteiger partial charge on any atom is -0.449 e. The summed E-state index contributed by atoms with van der Waals surface area (Å²) in [6.07, 6.45) is -0.418. The number of aliphatic hydroxyl groups is 1. The van der Waals surface area contributed by atoms with Gasteiger partial charge in [-0.25, -0.2) is 4.79 Å². The molecule has 0 unspecified atom stereocenters. The number of aliphatic hydroxyl groups excluding tert-OH is 1. The highest BCUT2D eigenvalue weighted by Gasteiger charge is 2.28. The third-order valence-corrected chi connectivity index (χ3v) is 4.30. The van der Waals surface area contributed by atoms with Gasteiger partial charge in [-0.3, -0.25) is 0 Å². The third-order valence-electron chi connectivity index (χ3n) is 4.30. The molecule has 0 spiro atoms. The molecule has 0 saturated carbocycles. The van der Waals surface area contributed by atoms with Crippen molar-refractivity contribution in [1.82, 2.24) is 5.32 Å². The predicted molar refractivity (Wildman–Crippen MR) is 89.4 cm³/mol. The number of benzene rings is 2. The highest BCUT2D eigenvalue weighted by atomic mass is 16.5. The fraction of sp³-hybridized carbons (Fsp3) is 0.316. The average molecular weight is 311 g/mol. The van der Waals surface area contributed by atoms with Crippen LogP contribution >= 0.6 is 0 Å². The minimum absolute atomic E-state index is 0.0595. The first-order chi connectivity index (χ1) is 11.2. The summed E-state index contributed by atoms with van der Waals surface area (Å²) >= 11 is 0. The topological polar surface area (TPSA) is 58.6 Å². The monoisotopic (exact) mass is 311 g/mol. The summed E-state index contributed by atoms with van der Waals surface area (Å²) in [5, 5.41) is 12.1. The lowest BCUT2D eigenvalue weighted by molar-refractivity contribution is 0.127. The number of fused-ring (bicyclic) bond motifs is 3. The molecule has 0 aromatic heterocycles. The molecule has 0 saturated heterocycles. The van der Waals surface area contributed by atoms with Gasteiger partial charge in [-0.15, -0.1) is 0 Å². The number of carbonyl (C=O) groups is 1. The molecule has 1 amide bonds. The molecule has 0 aliphatic heterocycles. The molecule has 2 aromatic carbocycles. The zero-order chi connectivity index (χ0) is 16.2. The summed E-state index contributed by atoms with van der Waals surface area (Å²) in [6.45, 7) is 2.37. The van der Waals surface area contributed by atoms with E-state index in [0.717, 1.165) is 0 Å². The Morgan fingerprint density at radius 3 is 2.26 bits per heavy atom. The van der Waals surface area contributed by atoms with Crippen molar-refractivity contribution < 1.29 is 14.6 Å².